The number of thiazole rings is 1. The van der Waals surface area contributed by atoms with Crippen LogP contribution in [0.2, 0.25) is 0 Å². The molecule has 0 saturated heterocycles. The van der Waals surface area contributed by atoms with Crippen molar-refractivity contribution in [2.24, 2.45) is 5.92 Å². The highest BCUT2D eigenvalue weighted by Gasteiger charge is 2.31. The second kappa shape index (κ2) is 7.22. The Labute approximate surface area is 115 Å². The van der Waals surface area contributed by atoms with Crippen LogP contribution in [0.5, 0.6) is 0 Å². The molecule has 0 radical (unpaired) electrons. The van der Waals surface area contributed by atoms with E-state index in [2.05, 4.69) is 38.4 Å². The van der Waals surface area contributed by atoms with Crippen LogP contribution in [0.3, 0.4) is 0 Å². The first-order valence-corrected chi connectivity index (χ1v) is 7.66. The minimum atomic E-state index is -0.193. The van der Waals surface area contributed by atoms with Crippen LogP contribution in [-0.4, -0.2) is 18.6 Å². The van der Waals surface area contributed by atoms with E-state index in [0.717, 1.165) is 36.6 Å². The lowest BCUT2D eigenvalue weighted by molar-refractivity contribution is -0.0219. The molecule has 18 heavy (non-hydrogen) atoms. The van der Waals surface area contributed by atoms with E-state index in [1.165, 1.54) is 0 Å². The van der Waals surface area contributed by atoms with Gasteiger partial charge in [0.25, 0.3) is 0 Å². The van der Waals surface area contributed by atoms with Crippen molar-refractivity contribution in [3.8, 4) is 0 Å². The van der Waals surface area contributed by atoms with Gasteiger partial charge in [0.1, 0.15) is 10.6 Å². The lowest BCUT2D eigenvalue weighted by Crippen LogP contribution is -2.26. The molecule has 3 nitrogen and oxygen atoms in total. The second-order valence-corrected chi connectivity index (χ2v) is 5.93. The standard InChI is InChI=1S/C14H26N2OS/c1-6-14(7-2,17-5)13-16-12(10-18-13)9-15-8-11(3)4/h10-11,15H,6-9H2,1-5H3. The highest BCUT2D eigenvalue weighted by Crippen LogP contribution is 2.34. The van der Waals surface area contributed by atoms with Crippen LogP contribution in [0.1, 0.15) is 51.2 Å². The smallest absolute Gasteiger partial charge is 0.125 e. The predicted octanol–water partition coefficient (Wildman–Crippen LogP) is 3.55. The van der Waals surface area contributed by atoms with Crippen LogP contribution < -0.4 is 5.32 Å². The number of hydrogen-bond acceptors (Lipinski definition) is 4. The maximum atomic E-state index is 5.71. The maximum absolute atomic E-state index is 5.71. The Morgan fingerprint density at radius 2 is 2.06 bits per heavy atom. The van der Waals surface area contributed by atoms with Crippen molar-refractivity contribution in [1.29, 1.82) is 0 Å². The summed E-state index contributed by atoms with van der Waals surface area (Å²) in [6.07, 6.45) is 1.93. The molecule has 1 rings (SSSR count). The molecule has 0 spiro atoms. The Balaban J connectivity index is 2.67. The molecule has 1 heterocycles. The highest BCUT2D eigenvalue weighted by molar-refractivity contribution is 7.09. The zero-order chi connectivity index (χ0) is 13.6. The van der Waals surface area contributed by atoms with Crippen molar-refractivity contribution >= 4 is 11.3 Å². The first-order valence-electron chi connectivity index (χ1n) is 6.78. The van der Waals surface area contributed by atoms with Crippen molar-refractivity contribution < 1.29 is 4.74 Å². The summed E-state index contributed by atoms with van der Waals surface area (Å²) in [6.45, 7) is 10.6. The van der Waals surface area contributed by atoms with Crippen LogP contribution in [0.4, 0.5) is 0 Å². The molecular formula is C14H26N2OS. The molecule has 0 aliphatic heterocycles. The molecule has 0 aromatic carbocycles. The van der Waals surface area contributed by atoms with Gasteiger partial charge in [-0.2, -0.15) is 0 Å². The minimum Gasteiger partial charge on any atom is -0.371 e. The molecule has 1 N–H and O–H groups in total. The van der Waals surface area contributed by atoms with E-state index in [1.807, 2.05) is 0 Å². The molecule has 1 aromatic heterocycles. The number of ether oxygens (including phenoxy) is 1. The van der Waals surface area contributed by atoms with Gasteiger partial charge in [0.15, 0.2) is 0 Å². The largest absolute Gasteiger partial charge is 0.371 e. The lowest BCUT2D eigenvalue weighted by atomic mass is 9.98. The van der Waals surface area contributed by atoms with Gasteiger partial charge in [-0.1, -0.05) is 27.7 Å². The van der Waals surface area contributed by atoms with Crippen LogP contribution in [0.25, 0.3) is 0 Å². The Hall–Kier alpha value is -0.450. The quantitative estimate of drug-likeness (QED) is 0.784. The number of aromatic nitrogens is 1. The summed E-state index contributed by atoms with van der Waals surface area (Å²) in [5, 5.41) is 6.67. The molecule has 0 amide bonds. The topological polar surface area (TPSA) is 34.1 Å². The van der Waals surface area contributed by atoms with Crippen molar-refractivity contribution in [2.75, 3.05) is 13.7 Å². The van der Waals surface area contributed by atoms with E-state index in [4.69, 9.17) is 9.72 Å². The van der Waals surface area contributed by atoms with E-state index < -0.39 is 0 Å². The minimum absolute atomic E-state index is 0.193. The lowest BCUT2D eigenvalue weighted by Gasteiger charge is -2.27. The molecule has 0 atom stereocenters. The van der Waals surface area contributed by atoms with Crippen molar-refractivity contribution in [3.05, 3.63) is 16.1 Å². The summed E-state index contributed by atoms with van der Waals surface area (Å²) in [5.74, 6) is 0.674. The summed E-state index contributed by atoms with van der Waals surface area (Å²) in [5.41, 5.74) is 0.931. The fourth-order valence-electron chi connectivity index (χ4n) is 2.01. The van der Waals surface area contributed by atoms with E-state index in [1.54, 1.807) is 18.4 Å². The van der Waals surface area contributed by atoms with Gasteiger partial charge in [-0.15, -0.1) is 11.3 Å². The zero-order valence-corrected chi connectivity index (χ0v) is 13.1. The third-order valence-corrected chi connectivity index (χ3v) is 4.41. The third-order valence-electron chi connectivity index (χ3n) is 3.33. The van der Waals surface area contributed by atoms with Gasteiger partial charge in [0.2, 0.25) is 0 Å². The zero-order valence-electron chi connectivity index (χ0n) is 12.2. The first kappa shape index (κ1) is 15.6. The number of hydrogen-bond donors (Lipinski definition) is 1. The first-order chi connectivity index (χ1) is 8.57. The van der Waals surface area contributed by atoms with Gasteiger partial charge in [-0.25, -0.2) is 4.98 Å². The monoisotopic (exact) mass is 270 g/mol. The number of nitrogens with one attached hydrogen (secondary N) is 1. The summed E-state index contributed by atoms with van der Waals surface area (Å²) in [6, 6.07) is 0. The maximum Gasteiger partial charge on any atom is 0.125 e. The second-order valence-electron chi connectivity index (χ2n) is 5.07. The number of rotatable bonds is 8. The summed E-state index contributed by atoms with van der Waals surface area (Å²) in [4.78, 5) is 4.72. The van der Waals surface area contributed by atoms with Gasteiger partial charge in [0, 0.05) is 19.0 Å². The molecule has 0 aliphatic carbocycles. The molecule has 104 valence electrons. The summed E-state index contributed by atoms with van der Waals surface area (Å²) >= 11 is 1.71. The van der Waals surface area contributed by atoms with Gasteiger partial charge in [-0.3, -0.25) is 0 Å². The van der Waals surface area contributed by atoms with E-state index in [9.17, 15) is 0 Å². The molecule has 1 aromatic rings. The predicted molar refractivity (Wildman–Crippen MR) is 77.9 cm³/mol. The van der Waals surface area contributed by atoms with Crippen LogP contribution in [0.15, 0.2) is 5.38 Å². The Morgan fingerprint density at radius 3 is 2.56 bits per heavy atom. The fraction of sp³-hybridized carbons (Fsp3) is 0.786. The van der Waals surface area contributed by atoms with E-state index in [-0.39, 0.29) is 5.60 Å². The molecule has 4 heteroatoms. The molecule has 0 fully saturated rings. The van der Waals surface area contributed by atoms with Crippen LogP contribution in [0, 0.1) is 5.92 Å². The SMILES string of the molecule is CCC(CC)(OC)c1nc(CNCC(C)C)cs1. The van der Waals surface area contributed by atoms with Crippen molar-refractivity contribution in [3.63, 3.8) is 0 Å². The Morgan fingerprint density at radius 1 is 1.39 bits per heavy atom. The molecule has 0 unspecified atom stereocenters. The Kier molecular flexibility index (Phi) is 6.26. The normalized spacial score (nSPS) is 12.3. The van der Waals surface area contributed by atoms with Gasteiger partial charge in [-0.05, 0) is 25.3 Å². The molecular weight excluding hydrogens is 244 g/mol. The summed E-state index contributed by atoms with van der Waals surface area (Å²) < 4.78 is 5.71. The van der Waals surface area contributed by atoms with E-state index >= 15 is 0 Å². The van der Waals surface area contributed by atoms with Crippen molar-refractivity contribution in [1.82, 2.24) is 10.3 Å². The number of methoxy groups -OCH3 is 1. The van der Waals surface area contributed by atoms with Gasteiger partial charge < -0.3 is 10.1 Å². The van der Waals surface area contributed by atoms with Crippen LogP contribution in [-0.2, 0) is 16.9 Å². The van der Waals surface area contributed by atoms with E-state index in [0.29, 0.717) is 5.92 Å². The van der Waals surface area contributed by atoms with Gasteiger partial charge >= 0.3 is 0 Å². The highest BCUT2D eigenvalue weighted by atomic mass is 32.1. The number of nitrogens with zero attached hydrogens (tertiary/aromatic N) is 1. The Bertz CT molecular complexity index is 337. The average molecular weight is 270 g/mol. The van der Waals surface area contributed by atoms with Crippen molar-refractivity contribution in [2.45, 2.75) is 52.7 Å². The fourth-order valence-corrected chi connectivity index (χ4v) is 3.16. The van der Waals surface area contributed by atoms with Gasteiger partial charge in [0.05, 0.1) is 5.69 Å². The third kappa shape index (κ3) is 3.77. The molecule has 0 saturated carbocycles. The molecule has 0 bridgehead atoms. The van der Waals surface area contributed by atoms with Crippen LogP contribution >= 0.6 is 11.3 Å². The summed E-state index contributed by atoms with van der Waals surface area (Å²) in [7, 11) is 1.78. The average Bonchev–Trinajstić information content (AvgIpc) is 2.81. The molecule has 0 aliphatic rings.